The summed E-state index contributed by atoms with van der Waals surface area (Å²) in [6, 6.07) is 12.7. The van der Waals surface area contributed by atoms with E-state index in [0.29, 0.717) is 0 Å². The molecular weight excluding hydrogens is 266 g/mol. The van der Waals surface area contributed by atoms with Crippen molar-refractivity contribution in [3.05, 3.63) is 46.7 Å². The molecule has 0 spiro atoms. The van der Waals surface area contributed by atoms with Gasteiger partial charge in [0.15, 0.2) is 0 Å². The Hall–Kier alpha value is -1.16. The summed E-state index contributed by atoms with van der Waals surface area (Å²) >= 11 is 1.77. The third-order valence-corrected chi connectivity index (χ3v) is 4.99. The maximum absolute atomic E-state index is 9.58. The van der Waals surface area contributed by atoms with Crippen molar-refractivity contribution >= 4 is 11.3 Å². The smallest absolute Gasteiger partial charge is 0.0613 e. The first-order valence-corrected chi connectivity index (χ1v) is 8.09. The largest absolute Gasteiger partial charge is 0.394 e. The molecule has 3 heteroatoms. The van der Waals surface area contributed by atoms with Crippen LogP contribution in [-0.4, -0.2) is 17.3 Å². The van der Waals surface area contributed by atoms with E-state index in [0.717, 1.165) is 19.4 Å². The third-order valence-electron chi connectivity index (χ3n) is 4.05. The molecule has 0 aliphatic rings. The van der Waals surface area contributed by atoms with Crippen molar-refractivity contribution in [2.75, 3.05) is 6.61 Å². The van der Waals surface area contributed by atoms with Crippen LogP contribution in [-0.2, 0) is 6.54 Å². The summed E-state index contributed by atoms with van der Waals surface area (Å²) in [7, 11) is 0. The molecule has 2 N–H and O–H groups in total. The highest BCUT2D eigenvalue weighted by Gasteiger charge is 2.24. The molecule has 0 aliphatic carbocycles. The molecule has 2 rings (SSSR count). The van der Waals surface area contributed by atoms with E-state index in [1.54, 1.807) is 11.3 Å². The maximum Gasteiger partial charge on any atom is 0.0613 e. The van der Waals surface area contributed by atoms with Gasteiger partial charge in [0.05, 0.1) is 6.61 Å². The molecule has 0 aliphatic heterocycles. The maximum atomic E-state index is 9.58. The lowest BCUT2D eigenvalue weighted by atomic mass is 9.94. The topological polar surface area (TPSA) is 32.3 Å². The van der Waals surface area contributed by atoms with E-state index in [1.165, 1.54) is 16.0 Å². The Kier molecular flexibility index (Phi) is 5.35. The highest BCUT2D eigenvalue weighted by Crippen LogP contribution is 2.26. The van der Waals surface area contributed by atoms with Crippen molar-refractivity contribution in [2.24, 2.45) is 0 Å². The van der Waals surface area contributed by atoms with Crippen molar-refractivity contribution in [3.63, 3.8) is 0 Å². The van der Waals surface area contributed by atoms with Crippen LogP contribution in [0, 0.1) is 0 Å². The van der Waals surface area contributed by atoms with Gasteiger partial charge in [0.1, 0.15) is 0 Å². The van der Waals surface area contributed by atoms with E-state index in [4.69, 9.17) is 0 Å². The monoisotopic (exact) mass is 289 g/mol. The van der Waals surface area contributed by atoms with Crippen LogP contribution < -0.4 is 5.32 Å². The van der Waals surface area contributed by atoms with Gasteiger partial charge in [-0.25, -0.2) is 0 Å². The van der Waals surface area contributed by atoms with Crippen LogP contribution in [0.15, 0.2) is 41.8 Å². The predicted molar refractivity (Wildman–Crippen MR) is 87.0 cm³/mol. The molecule has 0 unspecified atom stereocenters. The van der Waals surface area contributed by atoms with Crippen LogP contribution in [0.2, 0.25) is 0 Å². The van der Waals surface area contributed by atoms with Crippen LogP contribution in [0.4, 0.5) is 0 Å². The lowest BCUT2D eigenvalue weighted by molar-refractivity contribution is 0.150. The Labute approximate surface area is 125 Å². The van der Waals surface area contributed by atoms with Crippen LogP contribution >= 0.6 is 11.3 Å². The van der Waals surface area contributed by atoms with Gasteiger partial charge in [-0.05, 0) is 35.4 Å². The molecule has 1 heterocycles. The van der Waals surface area contributed by atoms with Crippen molar-refractivity contribution in [1.29, 1.82) is 0 Å². The van der Waals surface area contributed by atoms with Crippen LogP contribution in [0.3, 0.4) is 0 Å². The lowest BCUT2D eigenvalue weighted by Crippen LogP contribution is -2.46. The van der Waals surface area contributed by atoms with Crippen molar-refractivity contribution in [3.8, 4) is 11.1 Å². The fraction of sp³-hybridized carbons (Fsp3) is 0.412. The minimum Gasteiger partial charge on any atom is -0.394 e. The quantitative estimate of drug-likeness (QED) is 0.806. The predicted octanol–water partition coefficient (Wildman–Crippen LogP) is 4.06. The number of aliphatic hydroxyl groups excluding tert-OH is 1. The van der Waals surface area contributed by atoms with E-state index >= 15 is 0 Å². The van der Waals surface area contributed by atoms with Gasteiger partial charge >= 0.3 is 0 Å². The van der Waals surface area contributed by atoms with Gasteiger partial charge < -0.3 is 10.4 Å². The molecule has 2 nitrogen and oxygen atoms in total. The number of hydrogen-bond donors (Lipinski definition) is 2. The Bertz CT molecular complexity index is 509. The molecule has 0 radical (unpaired) electrons. The Morgan fingerprint density at radius 2 is 1.80 bits per heavy atom. The van der Waals surface area contributed by atoms with Crippen LogP contribution in [0.25, 0.3) is 11.1 Å². The summed E-state index contributed by atoms with van der Waals surface area (Å²) < 4.78 is 0. The van der Waals surface area contributed by atoms with Gasteiger partial charge in [-0.15, -0.1) is 11.3 Å². The second-order valence-electron chi connectivity index (χ2n) is 5.17. The van der Waals surface area contributed by atoms with E-state index in [9.17, 15) is 5.11 Å². The standard InChI is InChI=1S/C17H23NOS/c1-3-17(4-2,13-19)18-11-16-10-15(12-20-16)14-8-6-5-7-9-14/h5-10,12,18-19H,3-4,11,13H2,1-2H3. The summed E-state index contributed by atoms with van der Waals surface area (Å²) in [5.74, 6) is 0. The number of benzene rings is 1. The van der Waals surface area contributed by atoms with Crippen LogP contribution in [0.1, 0.15) is 31.6 Å². The molecule has 0 bridgehead atoms. The van der Waals surface area contributed by atoms with Gasteiger partial charge in [-0.1, -0.05) is 44.2 Å². The normalized spacial score (nSPS) is 11.8. The summed E-state index contributed by atoms with van der Waals surface area (Å²) in [4.78, 5) is 1.31. The van der Waals surface area contributed by atoms with Crippen molar-refractivity contribution in [1.82, 2.24) is 5.32 Å². The molecule has 1 aromatic heterocycles. The molecule has 0 saturated heterocycles. The number of hydrogen-bond acceptors (Lipinski definition) is 3. The molecule has 1 aromatic carbocycles. The second-order valence-corrected chi connectivity index (χ2v) is 6.16. The fourth-order valence-corrected chi connectivity index (χ4v) is 3.14. The van der Waals surface area contributed by atoms with Crippen molar-refractivity contribution < 1.29 is 5.11 Å². The summed E-state index contributed by atoms with van der Waals surface area (Å²) in [5.41, 5.74) is 2.39. The molecule has 0 saturated carbocycles. The molecule has 108 valence electrons. The Morgan fingerprint density at radius 3 is 2.40 bits per heavy atom. The van der Waals surface area contributed by atoms with Gasteiger partial charge in [0.25, 0.3) is 0 Å². The Morgan fingerprint density at radius 1 is 1.10 bits per heavy atom. The molecule has 20 heavy (non-hydrogen) atoms. The first kappa shape index (κ1) is 15.2. The molecular formula is C17H23NOS. The van der Waals surface area contributed by atoms with Crippen LogP contribution in [0.5, 0.6) is 0 Å². The first-order valence-electron chi connectivity index (χ1n) is 7.21. The molecule has 2 aromatic rings. The van der Waals surface area contributed by atoms with Gasteiger partial charge in [-0.3, -0.25) is 0 Å². The van der Waals surface area contributed by atoms with Crippen molar-refractivity contribution in [2.45, 2.75) is 38.8 Å². The van der Waals surface area contributed by atoms with E-state index in [1.807, 2.05) is 6.07 Å². The highest BCUT2D eigenvalue weighted by atomic mass is 32.1. The first-order chi connectivity index (χ1) is 9.73. The summed E-state index contributed by atoms with van der Waals surface area (Å²) in [5, 5.41) is 15.3. The lowest BCUT2D eigenvalue weighted by Gasteiger charge is -2.30. The second kappa shape index (κ2) is 7.02. The molecule has 0 amide bonds. The van der Waals surface area contributed by atoms with Gasteiger partial charge in [-0.2, -0.15) is 0 Å². The minimum absolute atomic E-state index is 0.142. The molecule has 0 atom stereocenters. The van der Waals surface area contributed by atoms with E-state index in [2.05, 4.69) is 54.9 Å². The highest BCUT2D eigenvalue weighted by molar-refractivity contribution is 7.10. The average Bonchev–Trinajstić information content (AvgIpc) is 2.99. The fourth-order valence-electron chi connectivity index (χ4n) is 2.31. The minimum atomic E-state index is -0.142. The number of rotatable bonds is 7. The number of nitrogens with one attached hydrogen (secondary N) is 1. The third kappa shape index (κ3) is 3.48. The van der Waals surface area contributed by atoms with Gasteiger partial charge in [0.2, 0.25) is 0 Å². The van der Waals surface area contributed by atoms with Gasteiger partial charge in [0, 0.05) is 17.0 Å². The van der Waals surface area contributed by atoms with E-state index in [-0.39, 0.29) is 12.1 Å². The van der Waals surface area contributed by atoms with E-state index < -0.39 is 0 Å². The number of aliphatic hydroxyl groups is 1. The SMILES string of the molecule is CCC(CC)(CO)NCc1cc(-c2ccccc2)cs1. The zero-order chi connectivity index (χ0) is 14.4. The molecule has 0 fully saturated rings. The average molecular weight is 289 g/mol. The zero-order valence-corrected chi connectivity index (χ0v) is 13.0. The summed E-state index contributed by atoms with van der Waals surface area (Å²) in [6.45, 7) is 5.25. The summed E-state index contributed by atoms with van der Waals surface area (Å²) in [6.07, 6.45) is 1.88. The zero-order valence-electron chi connectivity index (χ0n) is 12.2. The Balaban J connectivity index is 2.03. The number of thiophene rings is 1.